The summed E-state index contributed by atoms with van der Waals surface area (Å²) in [5.74, 6) is 6.06. The maximum absolute atomic E-state index is 13.7. The van der Waals surface area contributed by atoms with Gasteiger partial charge in [0, 0.05) is 73.9 Å². The summed E-state index contributed by atoms with van der Waals surface area (Å²) in [5.41, 5.74) is 9.43. The average molecular weight is 1330 g/mol. The van der Waals surface area contributed by atoms with Crippen molar-refractivity contribution in [2.75, 3.05) is 65.9 Å². The lowest BCUT2D eigenvalue weighted by molar-refractivity contribution is 0.476. The van der Waals surface area contributed by atoms with Gasteiger partial charge in [0.15, 0.2) is 23.3 Å². The molecular weight excluding hydrogens is 1240 g/mol. The number of fused-ring (bicyclic) bond motifs is 4. The molecule has 0 fully saturated rings. The van der Waals surface area contributed by atoms with E-state index >= 15 is 0 Å². The summed E-state index contributed by atoms with van der Waals surface area (Å²) < 4.78 is 13.7. The molecule has 0 bridgehead atoms. The van der Waals surface area contributed by atoms with Gasteiger partial charge in [-0.3, -0.25) is 0 Å². The molecule has 0 aliphatic rings. The van der Waals surface area contributed by atoms with Gasteiger partial charge in [-0.15, -0.1) is 0 Å². The van der Waals surface area contributed by atoms with Gasteiger partial charge in [-0.05, 0) is 194 Å². The average Bonchev–Trinajstić information content (AvgIpc) is 0.803. The lowest BCUT2D eigenvalue weighted by atomic mass is 10.1. The molecule has 4 aromatic heterocycles. The Hall–Kier alpha value is -10.6. The molecule has 0 saturated heterocycles. The SMILES string of the molecule is CCCCN(C)c1nc(-c2ccccc2O)nc2cc(C)ccc12.CCCCN(CCCC)c1nc(-c2ccccc2O)nc2cc(C)ccc12.CCCN(CC)c1nc(-c2ccccc2O)nc2ccc(F)cc12.CCN(c1nc(-c2ccccc2O)nc2cc(C)ccc12)C(C)C. The Balaban J connectivity index is 0.000000154. The summed E-state index contributed by atoms with van der Waals surface area (Å²) in [6, 6.07) is 52.3. The molecule has 0 saturated carbocycles. The number of halogens is 1. The molecule has 0 unspecified atom stereocenters. The van der Waals surface area contributed by atoms with Gasteiger partial charge in [-0.2, -0.15) is 0 Å². The highest BCUT2D eigenvalue weighted by molar-refractivity contribution is 5.95. The molecule has 17 heteroatoms. The number of phenolic OH excluding ortho intramolecular Hbond substituents is 4. The number of nitrogens with zero attached hydrogens (tertiary/aromatic N) is 12. The van der Waals surface area contributed by atoms with Crippen LogP contribution in [0.3, 0.4) is 0 Å². The Labute approximate surface area is 582 Å². The summed E-state index contributed by atoms with van der Waals surface area (Å²) >= 11 is 0. The van der Waals surface area contributed by atoms with Crippen molar-refractivity contribution in [3.63, 3.8) is 0 Å². The van der Waals surface area contributed by atoms with E-state index < -0.39 is 0 Å². The van der Waals surface area contributed by atoms with E-state index in [2.05, 4.69) is 160 Å². The molecule has 0 aliphatic heterocycles. The molecule has 16 nitrogen and oxygen atoms in total. The van der Waals surface area contributed by atoms with Crippen LogP contribution in [0.15, 0.2) is 170 Å². The summed E-state index contributed by atoms with van der Waals surface area (Å²) in [6.45, 7) is 28.7. The van der Waals surface area contributed by atoms with Crippen LogP contribution >= 0.6 is 0 Å². The van der Waals surface area contributed by atoms with E-state index in [4.69, 9.17) is 29.9 Å². The molecule has 514 valence electrons. The molecule has 0 atom stereocenters. The number of aromatic hydroxyl groups is 4. The zero-order chi connectivity index (χ0) is 70.7. The molecule has 4 N–H and O–H groups in total. The predicted molar refractivity (Wildman–Crippen MR) is 407 cm³/mol. The first-order valence-corrected chi connectivity index (χ1v) is 34.8. The highest BCUT2D eigenvalue weighted by Gasteiger charge is 2.22. The van der Waals surface area contributed by atoms with Crippen molar-refractivity contribution in [1.29, 1.82) is 0 Å². The van der Waals surface area contributed by atoms with Gasteiger partial charge in [-0.25, -0.2) is 44.3 Å². The summed E-state index contributed by atoms with van der Waals surface area (Å²) in [7, 11) is 2.06. The minimum Gasteiger partial charge on any atom is -0.507 e. The van der Waals surface area contributed by atoms with Crippen molar-refractivity contribution in [3.8, 4) is 68.5 Å². The number of hydrogen-bond acceptors (Lipinski definition) is 16. The first-order valence-electron chi connectivity index (χ1n) is 34.8. The van der Waals surface area contributed by atoms with Gasteiger partial charge in [0.2, 0.25) is 0 Å². The number of benzene rings is 8. The maximum atomic E-state index is 13.7. The van der Waals surface area contributed by atoms with Crippen LogP contribution in [-0.2, 0) is 0 Å². The maximum Gasteiger partial charge on any atom is 0.165 e. The van der Waals surface area contributed by atoms with Crippen LogP contribution < -0.4 is 19.6 Å². The Bertz CT molecular complexity index is 4680. The fourth-order valence-electron chi connectivity index (χ4n) is 11.8. The van der Waals surface area contributed by atoms with E-state index in [0.717, 1.165) is 146 Å². The first-order chi connectivity index (χ1) is 47.9. The Morgan fingerprint density at radius 3 is 1.10 bits per heavy atom. The van der Waals surface area contributed by atoms with Gasteiger partial charge in [-0.1, -0.05) is 114 Å². The third-order valence-corrected chi connectivity index (χ3v) is 17.2. The van der Waals surface area contributed by atoms with Crippen LogP contribution in [0.4, 0.5) is 27.7 Å². The van der Waals surface area contributed by atoms with Crippen LogP contribution in [0.1, 0.15) is 117 Å². The zero-order valence-electron chi connectivity index (χ0n) is 59.5. The second kappa shape index (κ2) is 34.6. The molecule has 0 radical (unpaired) electrons. The Morgan fingerprint density at radius 1 is 0.354 bits per heavy atom. The topological polar surface area (TPSA) is 197 Å². The number of aryl methyl sites for hydroxylation is 3. The fraction of sp³-hybridized carbons (Fsp3) is 0.317. The lowest BCUT2D eigenvalue weighted by Crippen LogP contribution is -2.31. The molecule has 99 heavy (non-hydrogen) atoms. The third-order valence-electron chi connectivity index (χ3n) is 17.2. The minimum absolute atomic E-state index is 0.128. The largest absolute Gasteiger partial charge is 0.507 e. The van der Waals surface area contributed by atoms with E-state index in [-0.39, 0.29) is 28.8 Å². The molecule has 4 heterocycles. The highest BCUT2D eigenvalue weighted by Crippen LogP contribution is 2.37. The second-order valence-corrected chi connectivity index (χ2v) is 25.2. The number of anilines is 4. The predicted octanol–water partition coefficient (Wildman–Crippen LogP) is 19.2. The van der Waals surface area contributed by atoms with Gasteiger partial charge in [0.05, 0.1) is 44.3 Å². The number of phenols is 4. The molecule has 12 rings (SSSR count). The number of para-hydroxylation sites is 4. The standard InChI is InChI=1S/C23H29N3O.2C20H23N3O.C19H20FN3O/c1-4-6-14-26(15-7-5-2)23-18-13-12-17(3)16-20(18)24-22(25-23)19-10-8-9-11-21(19)27;1-5-23(13(2)3)20-15-11-10-14(4)12-17(15)21-19(22-20)16-8-6-7-9-18(16)24;1-4-5-12-23(3)20-15-11-10-14(2)13-17(15)21-19(22-20)16-8-6-7-9-18(16)24;1-3-11-23(4-2)19-15-12-13(20)9-10-16(15)21-18(22-19)14-7-5-6-8-17(14)24/h8-13,16,27H,4-7,14-15H2,1-3H3;6-13,24H,5H2,1-4H3;6-11,13,24H,4-5,12H2,1-3H3;5-10,12,24H,3-4,11H2,1-2H3. The van der Waals surface area contributed by atoms with Crippen molar-refractivity contribution in [1.82, 2.24) is 39.9 Å². The second-order valence-electron chi connectivity index (χ2n) is 25.2. The van der Waals surface area contributed by atoms with Crippen molar-refractivity contribution in [3.05, 3.63) is 192 Å². The quantitative estimate of drug-likeness (QED) is 0.0499. The summed E-state index contributed by atoms with van der Waals surface area (Å²) in [4.78, 5) is 46.8. The number of unbranched alkanes of at least 4 members (excludes halogenated alkanes) is 3. The normalized spacial score (nSPS) is 11.1. The highest BCUT2D eigenvalue weighted by atomic mass is 19.1. The third kappa shape index (κ3) is 18.0. The summed E-state index contributed by atoms with van der Waals surface area (Å²) in [5, 5.41) is 44.6. The van der Waals surface area contributed by atoms with E-state index in [0.29, 0.717) is 68.3 Å². The van der Waals surface area contributed by atoms with Crippen molar-refractivity contribution >= 4 is 66.9 Å². The van der Waals surface area contributed by atoms with Crippen molar-refractivity contribution in [2.45, 2.75) is 127 Å². The van der Waals surface area contributed by atoms with Crippen molar-refractivity contribution < 1.29 is 24.8 Å². The van der Waals surface area contributed by atoms with Crippen LogP contribution in [0.2, 0.25) is 0 Å². The smallest absolute Gasteiger partial charge is 0.165 e. The zero-order valence-corrected chi connectivity index (χ0v) is 59.5. The van der Waals surface area contributed by atoms with Gasteiger partial charge in [0.25, 0.3) is 0 Å². The monoisotopic (exact) mass is 1330 g/mol. The van der Waals surface area contributed by atoms with E-state index in [1.165, 1.54) is 17.7 Å². The Kier molecular flexibility index (Phi) is 25.4. The van der Waals surface area contributed by atoms with Crippen LogP contribution in [0.25, 0.3) is 89.2 Å². The molecule has 12 aromatic rings. The van der Waals surface area contributed by atoms with Crippen LogP contribution in [0, 0.1) is 26.6 Å². The van der Waals surface area contributed by atoms with Crippen LogP contribution in [-0.4, -0.2) is 113 Å². The number of hydrogen-bond donors (Lipinski definition) is 4. The molecule has 0 amide bonds. The molecular formula is C82H95FN12O4. The van der Waals surface area contributed by atoms with Gasteiger partial charge in [0.1, 0.15) is 52.1 Å². The first kappa shape index (κ1) is 72.7. The lowest BCUT2D eigenvalue weighted by Gasteiger charge is -2.28. The fourth-order valence-corrected chi connectivity index (χ4v) is 11.8. The summed E-state index contributed by atoms with van der Waals surface area (Å²) in [6.07, 6.45) is 7.77. The van der Waals surface area contributed by atoms with Crippen molar-refractivity contribution in [2.24, 2.45) is 0 Å². The van der Waals surface area contributed by atoms with E-state index in [1.807, 2.05) is 55.5 Å². The van der Waals surface area contributed by atoms with Gasteiger partial charge < -0.3 is 40.0 Å². The Morgan fingerprint density at radius 2 is 0.717 bits per heavy atom. The van der Waals surface area contributed by atoms with Crippen LogP contribution in [0.5, 0.6) is 23.0 Å². The minimum atomic E-state index is -0.310. The number of aromatic nitrogens is 8. The molecule has 8 aromatic carbocycles. The number of rotatable bonds is 22. The van der Waals surface area contributed by atoms with Gasteiger partial charge >= 0.3 is 0 Å². The molecule has 0 aliphatic carbocycles. The van der Waals surface area contributed by atoms with E-state index in [9.17, 15) is 24.8 Å². The van der Waals surface area contributed by atoms with E-state index in [1.54, 1.807) is 54.6 Å². The molecule has 0 spiro atoms.